The molecule has 0 aromatic heterocycles. The van der Waals surface area contributed by atoms with E-state index in [2.05, 4.69) is 10.9 Å². The standard InChI is InChI=1S/C48H78N4O16/c1-16-34-48(10)39(67-45(57)68-48)29(6)52(13)24-25(2)22-46(8,58)38(65-43-36(53)33(51(11)12)21-26(3)61-43)27(4)37(28(5)42(55)63-34)64-35-23-47(9,60-15)40(30(7)62-35)66-44(56)50-49-41(54)31-17-19-32(59-14)20-18-31/h17-20,25-30,33-40,43,53,58H,16,21-24H2,1-15H3,(H,49,54)(H,50,56)/t25-,26-,27+,28-,29-,30+,33+,34-,35+,36-,37+,38-,39-,40+,43+,46-,47-,48-/m1/s1. The van der Waals surface area contributed by atoms with Gasteiger partial charge >= 0.3 is 18.2 Å². The summed E-state index contributed by atoms with van der Waals surface area (Å²) < 4.78 is 61.4. The Morgan fingerprint density at radius 2 is 1.59 bits per heavy atom. The summed E-state index contributed by atoms with van der Waals surface area (Å²) in [6.45, 7) is 18.3. The maximum Gasteiger partial charge on any atom is 0.509 e. The lowest BCUT2D eigenvalue weighted by atomic mass is 9.77. The van der Waals surface area contributed by atoms with Gasteiger partial charge in [0, 0.05) is 43.6 Å². The summed E-state index contributed by atoms with van der Waals surface area (Å²) in [4.78, 5) is 57.5. The number of ether oxygens (including phenoxy) is 10. The summed E-state index contributed by atoms with van der Waals surface area (Å²) in [5, 5.41) is 24.5. The molecule has 0 bridgehead atoms. The van der Waals surface area contributed by atoms with E-state index < -0.39 is 114 Å². The Morgan fingerprint density at radius 3 is 2.19 bits per heavy atom. The van der Waals surface area contributed by atoms with Crippen LogP contribution in [0.25, 0.3) is 0 Å². The molecule has 4 N–H and O–H groups in total. The number of hydrazine groups is 1. The number of nitrogens with one attached hydrogen (secondary N) is 2. The Morgan fingerprint density at radius 1 is 0.926 bits per heavy atom. The number of aliphatic hydroxyl groups is 2. The van der Waals surface area contributed by atoms with Crippen LogP contribution in [0.15, 0.2) is 24.3 Å². The van der Waals surface area contributed by atoms with Gasteiger partial charge < -0.3 is 62.5 Å². The van der Waals surface area contributed by atoms with Gasteiger partial charge in [-0.05, 0) is 119 Å². The number of methoxy groups -OCH3 is 2. The first-order valence-corrected chi connectivity index (χ1v) is 23.7. The zero-order valence-corrected chi connectivity index (χ0v) is 42.5. The van der Waals surface area contributed by atoms with Crippen molar-refractivity contribution in [3.63, 3.8) is 0 Å². The molecule has 0 unspecified atom stereocenters. The molecule has 18 atom stereocenters. The summed E-state index contributed by atoms with van der Waals surface area (Å²) in [5.41, 5.74) is 0.644. The van der Waals surface area contributed by atoms with Crippen molar-refractivity contribution in [3.8, 4) is 5.75 Å². The van der Waals surface area contributed by atoms with Gasteiger partial charge in [0.2, 0.25) is 0 Å². The first kappa shape index (κ1) is 55.1. The largest absolute Gasteiger partial charge is 0.509 e. The van der Waals surface area contributed by atoms with Crippen LogP contribution < -0.4 is 15.6 Å². The third-order valence-corrected chi connectivity index (χ3v) is 14.5. The van der Waals surface area contributed by atoms with Crippen LogP contribution in [0.2, 0.25) is 0 Å². The van der Waals surface area contributed by atoms with E-state index in [1.165, 1.54) is 26.4 Å². The average Bonchev–Trinajstić information content (AvgIpc) is 3.59. The molecular formula is C48H78N4O16. The normalized spacial score (nSPS) is 40.9. The fourth-order valence-electron chi connectivity index (χ4n) is 10.6. The van der Waals surface area contributed by atoms with Gasteiger partial charge in [0.25, 0.3) is 5.91 Å². The van der Waals surface area contributed by atoms with Gasteiger partial charge in [0.1, 0.15) is 23.6 Å². The van der Waals surface area contributed by atoms with E-state index >= 15 is 0 Å². The Kier molecular flexibility index (Phi) is 18.2. The molecule has 4 aliphatic rings. The molecule has 0 aliphatic carbocycles. The van der Waals surface area contributed by atoms with Crippen molar-refractivity contribution in [3.05, 3.63) is 29.8 Å². The van der Waals surface area contributed by atoms with Crippen LogP contribution in [0, 0.1) is 17.8 Å². The third-order valence-electron chi connectivity index (χ3n) is 14.5. The number of fused-ring (bicyclic) bond motifs is 1. The topological polar surface area (TPSA) is 232 Å². The van der Waals surface area contributed by atoms with Crippen molar-refractivity contribution in [2.45, 2.75) is 185 Å². The highest BCUT2D eigenvalue weighted by Crippen LogP contribution is 2.42. The zero-order chi connectivity index (χ0) is 50.6. The minimum atomic E-state index is -1.63. The second-order valence-electron chi connectivity index (χ2n) is 20.3. The van der Waals surface area contributed by atoms with E-state index in [0.29, 0.717) is 18.7 Å². The molecule has 4 saturated heterocycles. The lowest BCUT2D eigenvalue weighted by molar-refractivity contribution is -0.317. The Labute approximate surface area is 401 Å². The Bertz CT molecular complexity index is 1870. The molecule has 0 saturated carbocycles. The number of carbonyl (C=O) groups is 4. The lowest BCUT2D eigenvalue weighted by Crippen LogP contribution is -2.61. The van der Waals surface area contributed by atoms with Crippen molar-refractivity contribution in [2.75, 3.05) is 41.9 Å². The molecule has 1 aromatic rings. The molecule has 0 spiro atoms. The van der Waals surface area contributed by atoms with E-state index in [9.17, 15) is 29.4 Å². The monoisotopic (exact) mass is 967 g/mol. The van der Waals surface area contributed by atoms with Crippen LogP contribution in [0.5, 0.6) is 5.75 Å². The summed E-state index contributed by atoms with van der Waals surface area (Å²) in [6, 6.07) is 5.57. The summed E-state index contributed by atoms with van der Waals surface area (Å²) in [5.74, 6) is -2.83. The second kappa shape index (κ2) is 22.5. The van der Waals surface area contributed by atoms with Crippen molar-refractivity contribution in [2.24, 2.45) is 17.8 Å². The number of esters is 1. The van der Waals surface area contributed by atoms with Crippen LogP contribution in [-0.2, 0) is 47.4 Å². The predicted octanol–water partition coefficient (Wildman–Crippen LogP) is 4.17. The van der Waals surface area contributed by atoms with Gasteiger partial charge in [-0.2, -0.15) is 0 Å². The van der Waals surface area contributed by atoms with Gasteiger partial charge in [0.15, 0.2) is 30.4 Å². The van der Waals surface area contributed by atoms with Gasteiger partial charge in [-0.3, -0.25) is 19.9 Å². The second-order valence-corrected chi connectivity index (χ2v) is 20.3. The number of benzene rings is 1. The fourth-order valence-corrected chi connectivity index (χ4v) is 10.6. The minimum absolute atomic E-state index is 0.0186. The third kappa shape index (κ3) is 12.4. The van der Waals surface area contributed by atoms with E-state index in [1.807, 2.05) is 58.6 Å². The fraction of sp³-hybridized carbons (Fsp3) is 0.792. The number of likely N-dealkylation sites (N-methyl/N-ethyl adjacent to an activating group) is 2. The molecule has 68 heavy (non-hydrogen) atoms. The zero-order valence-electron chi connectivity index (χ0n) is 42.5. The van der Waals surface area contributed by atoms with Gasteiger partial charge in [-0.25, -0.2) is 15.0 Å². The number of cyclic esters (lactones) is 1. The number of amides is 2. The Hall–Kier alpha value is -3.86. The highest BCUT2D eigenvalue weighted by molar-refractivity contribution is 5.95. The van der Waals surface area contributed by atoms with Gasteiger partial charge in [0.05, 0.1) is 43.0 Å². The molecule has 1 aromatic carbocycles. The highest BCUT2D eigenvalue weighted by Gasteiger charge is 2.58. The molecule has 4 heterocycles. The first-order chi connectivity index (χ1) is 31.8. The van der Waals surface area contributed by atoms with E-state index in [1.54, 1.807) is 53.7 Å². The van der Waals surface area contributed by atoms with Crippen LogP contribution in [0.1, 0.15) is 105 Å². The SMILES string of the molecule is CC[C@H]1OC(=O)[C@H](C)[C@@H](O[C@H]2C[C@@](C)(OC)[C@@H](OC(=O)NNC(=O)c3ccc(OC)cc3)[C@H](C)O2)[C@H](C)[C@@H](O[C@@H]2O[C@H](C)C[C@H](N(C)C)[C@H]2O)[C@](C)(O)C[C@@H](C)CN(C)[C@H](C)[C@H]2OC(=O)O[C@@]21C. The van der Waals surface area contributed by atoms with Crippen molar-refractivity contribution < 1.29 is 76.8 Å². The number of nitrogens with zero attached hydrogens (tertiary/aromatic N) is 2. The van der Waals surface area contributed by atoms with Crippen LogP contribution >= 0.6 is 0 Å². The van der Waals surface area contributed by atoms with E-state index in [-0.39, 0.29) is 42.9 Å². The molecule has 20 heteroatoms. The first-order valence-electron chi connectivity index (χ1n) is 23.7. The average molecular weight is 967 g/mol. The van der Waals surface area contributed by atoms with Crippen molar-refractivity contribution >= 4 is 24.1 Å². The molecule has 5 rings (SSSR count). The van der Waals surface area contributed by atoms with Gasteiger partial charge in [-0.15, -0.1) is 0 Å². The molecule has 2 amide bonds. The number of carbonyl (C=O) groups excluding carboxylic acids is 4. The molecule has 0 radical (unpaired) electrons. The number of hydrogen-bond donors (Lipinski definition) is 4. The van der Waals surface area contributed by atoms with Crippen molar-refractivity contribution in [1.29, 1.82) is 0 Å². The molecular weight excluding hydrogens is 889 g/mol. The smallest absolute Gasteiger partial charge is 0.497 e. The minimum Gasteiger partial charge on any atom is -0.497 e. The van der Waals surface area contributed by atoms with Crippen LogP contribution in [0.3, 0.4) is 0 Å². The molecule has 4 aliphatic heterocycles. The van der Waals surface area contributed by atoms with Crippen molar-refractivity contribution in [1.82, 2.24) is 20.7 Å². The molecule has 20 nitrogen and oxygen atoms in total. The number of aliphatic hydroxyl groups excluding tert-OH is 1. The maximum absolute atomic E-state index is 14.7. The summed E-state index contributed by atoms with van der Waals surface area (Å²) in [7, 11) is 8.60. The van der Waals surface area contributed by atoms with Crippen LogP contribution in [0.4, 0.5) is 9.59 Å². The lowest BCUT2D eigenvalue weighted by Gasteiger charge is -2.49. The van der Waals surface area contributed by atoms with E-state index in [0.717, 1.165) is 0 Å². The van der Waals surface area contributed by atoms with Crippen LogP contribution in [-0.4, -0.2) is 176 Å². The predicted molar refractivity (Wildman–Crippen MR) is 245 cm³/mol. The van der Waals surface area contributed by atoms with E-state index in [4.69, 9.17) is 47.4 Å². The summed E-state index contributed by atoms with van der Waals surface area (Å²) in [6.07, 6.45) is -10.4. The molecule has 386 valence electrons. The highest BCUT2D eigenvalue weighted by atomic mass is 16.8. The maximum atomic E-state index is 14.7. The number of rotatable bonds is 10. The Balaban J connectivity index is 1.49. The van der Waals surface area contributed by atoms with Gasteiger partial charge in [-0.1, -0.05) is 20.8 Å². The molecule has 4 fully saturated rings. The number of hydrogen-bond acceptors (Lipinski definition) is 18. The quantitative estimate of drug-likeness (QED) is 0.146. The summed E-state index contributed by atoms with van der Waals surface area (Å²) >= 11 is 0.